The molecule has 1 heteroatoms. The van der Waals surface area contributed by atoms with Crippen LogP contribution in [-0.2, 0) is 4.74 Å². The Bertz CT molecular complexity index is 255. The van der Waals surface area contributed by atoms with Crippen molar-refractivity contribution >= 4 is 0 Å². The summed E-state index contributed by atoms with van der Waals surface area (Å²) in [6.07, 6.45) is 6.33. The first kappa shape index (κ1) is 12.5. The van der Waals surface area contributed by atoms with Gasteiger partial charge in [0.05, 0.1) is 11.2 Å². The van der Waals surface area contributed by atoms with E-state index in [-0.39, 0.29) is 11.2 Å². The first-order valence-electron chi connectivity index (χ1n) is 5.77. The van der Waals surface area contributed by atoms with Crippen LogP contribution in [0, 0.1) is 5.92 Å². The highest BCUT2D eigenvalue weighted by molar-refractivity contribution is 5.19. The average Bonchev–Trinajstić information content (AvgIpc) is 1.98. The molecule has 0 amide bonds. The molecule has 0 unspecified atom stereocenters. The number of hydrogen-bond acceptors (Lipinski definition) is 1. The van der Waals surface area contributed by atoms with Gasteiger partial charge in [0.1, 0.15) is 0 Å². The molecule has 0 aromatic heterocycles. The Morgan fingerprint density at radius 1 is 1.20 bits per heavy atom. The van der Waals surface area contributed by atoms with Crippen molar-refractivity contribution in [2.45, 2.75) is 58.7 Å². The highest BCUT2D eigenvalue weighted by Gasteiger charge is 2.39. The van der Waals surface area contributed by atoms with Crippen molar-refractivity contribution in [2.24, 2.45) is 5.92 Å². The van der Waals surface area contributed by atoms with E-state index in [0.717, 1.165) is 12.8 Å². The Morgan fingerprint density at radius 2 is 1.67 bits per heavy atom. The van der Waals surface area contributed by atoms with Crippen LogP contribution in [0.3, 0.4) is 0 Å². The molecule has 1 aliphatic rings. The number of allylic oxidation sites excluding steroid dienone is 3. The molecule has 0 bridgehead atoms. The number of rotatable bonds is 2. The monoisotopic (exact) mass is 208 g/mol. The molecule has 0 radical (unpaired) electrons. The van der Waals surface area contributed by atoms with Crippen molar-refractivity contribution < 1.29 is 4.74 Å². The second-order valence-corrected chi connectivity index (χ2v) is 5.80. The van der Waals surface area contributed by atoms with E-state index in [1.807, 2.05) is 6.92 Å². The lowest BCUT2D eigenvalue weighted by Gasteiger charge is -2.45. The van der Waals surface area contributed by atoms with E-state index in [4.69, 9.17) is 4.74 Å². The Morgan fingerprint density at radius 3 is 2.07 bits per heavy atom. The summed E-state index contributed by atoms with van der Waals surface area (Å²) in [5, 5.41) is 0. The maximum Gasteiger partial charge on any atom is 0.0639 e. The number of hydrogen-bond donors (Lipinski definition) is 0. The molecule has 1 aliphatic heterocycles. The lowest BCUT2D eigenvalue weighted by molar-refractivity contribution is -0.167. The second kappa shape index (κ2) is 4.13. The zero-order valence-electron chi connectivity index (χ0n) is 10.8. The van der Waals surface area contributed by atoms with Crippen molar-refractivity contribution in [3.05, 3.63) is 24.3 Å². The normalized spacial score (nSPS) is 25.7. The second-order valence-electron chi connectivity index (χ2n) is 5.80. The van der Waals surface area contributed by atoms with Crippen molar-refractivity contribution in [3.8, 4) is 0 Å². The molecule has 15 heavy (non-hydrogen) atoms. The van der Waals surface area contributed by atoms with Crippen LogP contribution in [0.5, 0.6) is 0 Å². The van der Waals surface area contributed by atoms with Gasteiger partial charge in [-0.05, 0) is 53.4 Å². The molecule has 0 aromatic rings. The number of ether oxygens (including phenoxy) is 1. The van der Waals surface area contributed by atoms with Crippen LogP contribution >= 0.6 is 0 Å². The molecule has 1 fully saturated rings. The third-order valence-corrected chi connectivity index (χ3v) is 2.93. The third-order valence-electron chi connectivity index (χ3n) is 2.93. The lowest BCUT2D eigenvalue weighted by atomic mass is 9.77. The largest absolute Gasteiger partial charge is 0.370 e. The van der Waals surface area contributed by atoms with Gasteiger partial charge in [0.25, 0.3) is 0 Å². The van der Waals surface area contributed by atoms with Gasteiger partial charge < -0.3 is 4.74 Å². The fraction of sp³-hybridized carbons (Fsp3) is 0.714. The van der Waals surface area contributed by atoms with Crippen LogP contribution < -0.4 is 0 Å². The van der Waals surface area contributed by atoms with Gasteiger partial charge in [0.2, 0.25) is 0 Å². The minimum absolute atomic E-state index is 0.0308. The maximum atomic E-state index is 6.05. The zero-order chi connectivity index (χ0) is 11.7. The molecular formula is C14H24O. The molecule has 0 saturated carbocycles. The molecule has 86 valence electrons. The first-order chi connectivity index (χ1) is 6.76. The fourth-order valence-electron chi connectivity index (χ4n) is 2.70. The highest BCUT2D eigenvalue weighted by atomic mass is 16.5. The summed E-state index contributed by atoms with van der Waals surface area (Å²) in [4.78, 5) is 0. The van der Waals surface area contributed by atoms with E-state index in [1.165, 1.54) is 5.57 Å². The topological polar surface area (TPSA) is 9.23 Å². The van der Waals surface area contributed by atoms with Gasteiger partial charge in [-0.3, -0.25) is 0 Å². The van der Waals surface area contributed by atoms with Gasteiger partial charge in [-0.15, -0.1) is 0 Å². The molecule has 0 aromatic carbocycles. The quantitative estimate of drug-likeness (QED) is 0.621. The predicted octanol–water partition coefficient (Wildman–Crippen LogP) is 4.10. The van der Waals surface area contributed by atoms with Gasteiger partial charge in [-0.1, -0.05) is 24.3 Å². The molecule has 0 N–H and O–H groups in total. The van der Waals surface area contributed by atoms with E-state index >= 15 is 0 Å². The van der Waals surface area contributed by atoms with Crippen LogP contribution in [0.4, 0.5) is 0 Å². The summed E-state index contributed by atoms with van der Waals surface area (Å²) in [6, 6.07) is 0. The Hall–Kier alpha value is -0.560. The molecule has 1 saturated heterocycles. The van der Waals surface area contributed by atoms with E-state index in [0.29, 0.717) is 5.92 Å². The summed E-state index contributed by atoms with van der Waals surface area (Å²) < 4.78 is 6.05. The molecule has 0 atom stereocenters. The summed E-state index contributed by atoms with van der Waals surface area (Å²) in [5.41, 5.74) is 1.18. The van der Waals surface area contributed by atoms with Crippen LogP contribution in [-0.4, -0.2) is 11.2 Å². The van der Waals surface area contributed by atoms with Gasteiger partial charge in [-0.2, -0.15) is 0 Å². The van der Waals surface area contributed by atoms with E-state index in [2.05, 4.69) is 46.4 Å². The lowest BCUT2D eigenvalue weighted by Crippen LogP contribution is -2.45. The standard InChI is InChI=1S/C14H24O/c1-7-8-11(2)12-9-13(3,4)15-14(5,6)10-12/h7-8,12H,2,9-10H2,1,3-6H3/b8-7-. The molecule has 1 rings (SSSR count). The molecule has 1 heterocycles. The van der Waals surface area contributed by atoms with Gasteiger partial charge in [-0.25, -0.2) is 0 Å². The van der Waals surface area contributed by atoms with E-state index in [9.17, 15) is 0 Å². The first-order valence-corrected chi connectivity index (χ1v) is 5.77. The average molecular weight is 208 g/mol. The fourth-order valence-corrected chi connectivity index (χ4v) is 2.70. The van der Waals surface area contributed by atoms with Crippen LogP contribution in [0.1, 0.15) is 47.5 Å². The van der Waals surface area contributed by atoms with Crippen LogP contribution in [0.15, 0.2) is 24.3 Å². The minimum Gasteiger partial charge on any atom is -0.370 e. The smallest absolute Gasteiger partial charge is 0.0639 e. The molecular weight excluding hydrogens is 184 g/mol. The third kappa shape index (κ3) is 3.49. The van der Waals surface area contributed by atoms with Crippen LogP contribution in [0.2, 0.25) is 0 Å². The van der Waals surface area contributed by atoms with Crippen molar-refractivity contribution in [1.82, 2.24) is 0 Å². The highest BCUT2D eigenvalue weighted by Crippen LogP contribution is 2.41. The van der Waals surface area contributed by atoms with Crippen molar-refractivity contribution in [1.29, 1.82) is 0 Å². The van der Waals surface area contributed by atoms with Crippen molar-refractivity contribution in [2.75, 3.05) is 0 Å². The SMILES string of the molecule is C=C(/C=C\C)C1CC(C)(C)OC(C)(C)C1. The van der Waals surface area contributed by atoms with Gasteiger partial charge >= 0.3 is 0 Å². The Labute approximate surface area is 94.2 Å². The molecule has 0 aliphatic carbocycles. The predicted molar refractivity (Wildman–Crippen MR) is 65.9 cm³/mol. The van der Waals surface area contributed by atoms with Gasteiger partial charge in [0.15, 0.2) is 0 Å². The zero-order valence-corrected chi connectivity index (χ0v) is 10.8. The summed E-state index contributed by atoms with van der Waals surface area (Å²) in [5.74, 6) is 0.556. The molecule has 0 spiro atoms. The van der Waals surface area contributed by atoms with Crippen LogP contribution in [0.25, 0.3) is 0 Å². The molecule has 1 nitrogen and oxygen atoms in total. The summed E-state index contributed by atoms with van der Waals surface area (Å²) >= 11 is 0. The Kier molecular flexibility index (Phi) is 3.44. The maximum absolute atomic E-state index is 6.05. The van der Waals surface area contributed by atoms with E-state index in [1.54, 1.807) is 0 Å². The Balaban J connectivity index is 2.79. The summed E-state index contributed by atoms with van der Waals surface area (Å²) in [7, 11) is 0. The van der Waals surface area contributed by atoms with Gasteiger partial charge in [0, 0.05) is 0 Å². The van der Waals surface area contributed by atoms with Crippen molar-refractivity contribution in [3.63, 3.8) is 0 Å². The minimum atomic E-state index is -0.0308. The summed E-state index contributed by atoms with van der Waals surface area (Å²) in [6.45, 7) is 14.9. The van der Waals surface area contributed by atoms with E-state index < -0.39 is 0 Å².